The van der Waals surface area contributed by atoms with Crippen LogP contribution in [-0.4, -0.2) is 53.0 Å². The summed E-state index contributed by atoms with van der Waals surface area (Å²) in [5, 5.41) is 9.97. The van der Waals surface area contributed by atoms with Gasteiger partial charge in [0, 0.05) is 68.0 Å². The molecular formula is C22H28N4O. The van der Waals surface area contributed by atoms with Crippen molar-refractivity contribution >= 4 is 22.9 Å². The minimum Gasteiger partial charge on any atom is -0.346 e. The van der Waals surface area contributed by atoms with Crippen molar-refractivity contribution < 1.29 is 4.79 Å². The van der Waals surface area contributed by atoms with Crippen LogP contribution in [0, 0.1) is 17.2 Å². The lowest BCUT2D eigenvalue weighted by Gasteiger charge is -2.35. The molecule has 1 aliphatic rings. The number of benzene rings is 1. The number of amides is 1. The molecule has 2 heterocycles. The molecule has 3 rings (SSSR count). The van der Waals surface area contributed by atoms with Gasteiger partial charge in [-0.05, 0) is 18.1 Å². The number of para-hydroxylation sites is 1. The average molecular weight is 364 g/mol. The maximum absolute atomic E-state index is 12.6. The number of piperazine rings is 1. The molecule has 1 aliphatic heterocycles. The van der Waals surface area contributed by atoms with Crippen molar-refractivity contribution in [1.29, 1.82) is 5.26 Å². The molecule has 142 valence electrons. The van der Waals surface area contributed by atoms with E-state index in [0.717, 1.165) is 49.2 Å². The molecule has 1 fully saturated rings. The first-order valence-corrected chi connectivity index (χ1v) is 9.72. The topological polar surface area (TPSA) is 52.3 Å². The maximum Gasteiger partial charge on any atom is 0.246 e. The molecule has 0 atom stereocenters. The average Bonchev–Trinajstić information content (AvgIpc) is 3.02. The summed E-state index contributed by atoms with van der Waals surface area (Å²) in [4.78, 5) is 17.0. The van der Waals surface area contributed by atoms with Crippen molar-refractivity contribution in [2.24, 2.45) is 5.92 Å². The first-order valence-electron chi connectivity index (χ1n) is 9.72. The molecular weight excluding hydrogens is 336 g/mol. The predicted octanol–water partition coefficient (Wildman–Crippen LogP) is 3.37. The highest BCUT2D eigenvalue weighted by Crippen LogP contribution is 2.23. The molecule has 0 bridgehead atoms. The second-order valence-corrected chi connectivity index (χ2v) is 7.56. The van der Waals surface area contributed by atoms with Crippen LogP contribution >= 0.6 is 0 Å². The van der Waals surface area contributed by atoms with E-state index in [1.54, 1.807) is 6.08 Å². The van der Waals surface area contributed by atoms with Crippen LogP contribution < -0.4 is 0 Å². The minimum atomic E-state index is 0.0769. The number of aromatic nitrogens is 1. The third-order valence-corrected chi connectivity index (χ3v) is 5.00. The zero-order valence-electron chi connectivity index (χ0n) is 16.3. The Kier molecular flexibility index (Phi) is 6.31. The van der Waals surface area contributed by atoms with E-state index in [-0.39, 0.29) is 5.91 Å². The summed E-state index contributed by atoms with van der Waals surface area (Å²) < 4.78 is 2.09. The van der Waals surface area contributed by atoms with Crippen LogP contribution in [0.3, 0.4) is 0 Å². The Morgan fingerprint density at radius 2 is 1.96 bits per heavy atom. The van der Waals surface area contributed by atoms with Gasteiger partial charge in [0.15, 0.2) is 0 Å². The number of fused-ring (bicyclic) bond motifs is 1. The second-order valence-electron chi connectivity index (χ2n) is 7.56. The van der Waals surface area contributed by atoms with Crippen LogP contribution in [-0.2, 0) is 11.3 Å². The zero-order chi connectivity index (χ0) is 19.2. The largest absolute Gasteiger partial charge is 0.346 e. The van der Waals surface area contributed by atoms with E-state index in [9.17, 15) is 4.79 Å². The lowest BCUT2D eigenvalue weighted by molar-refractivity contribution is -0.127. The first kappa shape index (κ1) is 19.2. The summed E-state index contributed by atoms with van der Waals surface area (Å²) in [5.74, 6) is 0.735. The number of rotatable bonds is 6. The van der Waals surface area contributed by atoms with Gasteiger partial charge in [0.2, 0.25) is 5.91 Å². The fourth-order valence-corrected chi connectivity index (χ4v) is 3.70. The monoisotopic (exact) mass is 364 g/mol. The number of carbonyl (C=O) groups excluding carboxylic acids is 1. The van der Waals surface area contributed by atoms with E-state index >= 15 is 0 Å². The highest BCUT2D eigenvalue weighted by molar-refractivity contribution is 5.96. The van der Waals surface area contributed by atoms with Crippen molar-refractivity contribution in [3.05, 3.63) is 42.1 Å². The molecule has 0 unspecified atom stereocenters. The summed E-state index contributed by atoms with van der Waals surface area (Å²) in [6.45, 7) is 9.70. The molecule has 0 radical (unpaired) electrons. The Bertz CT molecular complexity index is 851. The second kappa shape index (κ2) is 8.88. The van der Waals surface area contributed by atoms with Gasteiger partial charge in [0.1, 0.15) is 0 Å². The molecule has 1 aromatic carbocycles. The molecule has 1 aromatic heterocycles. The Balaban J connectivity index is 1.67. The van der Waals surface area contributed by atoms with E-state index in [0.29, 0.717) is 18.9 Å². The van der Waals surface area contributed by atoms with E-state index in [2.05, 4.69) is 41.5 Å². The summed E-state index contributed by atoms with van der Waals surface area (Å²) in [5.41, 5.74) is 2.12. The molecule has 5 nitrogen and oxygen atoms in total. The first-order chi connectivity index (χ1) is 13.1. The molecule has 0 N–H and O–H groups in total. The van der Waals surface area contributed by atoms with E-state index in [1.165, 1.54) is 0 Å². The number of carbonyl (C=O) groups is 1. The van der Waals surface area contributed by atoms with Gasteiger partial charge in [-0.1, -0.05) is 32.0 Å². The van der Waals surface area contributed by atoms with Crippen LogP contribution in [0.1, 0.15) is 25.8 Å². The Hall–Kier alpha value is -2.58. The fraction of sp³-hybridized carbons (Fsp3) is 0.455. The molecule has 0 saturated carbocycles. The molecule has 2 aromatic rings. The van der Waals surface area contributed by atoms with Gasteiger partial charge in [-0.25, -0.2) is 0 Å². The van der Waals surface area contributed by atoms with Crippen molar-refractivity contribution in [2.75, 3.05) is 32.7 Å². The van der Waals surface area contributed by atoms with E-state index in [1.807, 2.05) is 29.3 Å². The molecule has 1 amide bonds. The van der Waals surface area contributed by atoms with Gasteiger partial charge < -0.3 is 9.47 Å². The smallest absolute Gasteiger partial charge is 0.246 e. The van der Waals surface area contributed by atoms with Crippen LogP contribution in [0.25, 0.3) is 17.0 Å². The summed E-state index contributed by atoms with van der Waals surface area (Å²) in [6, 6.07) is 10.3. The Morgan fingerprint density at radius 1 is 1.22 bits per heavy atom. The summed E-state index contributed by atoms with van der Waals surface area (Å²) >= 11 is 0. The van der Waals surface area contributed by atoms with Gasteiger partial charge in [0.25, 0.3) is 0 Å². The summed E-state index contributed by atoms with van der Waals surface area (Å²) in [7, 11) is 0. The SMILES string of the molecule is CC(C)CN1CCN(C(=O)/C=C/c2cn(CCC#N)c3ccccc23)CC1. The lowest BCUT2D eigenvalue weighted by Crippen LogP contribution is -2.49. The van der Waals surface area contributed by atoms with Crippen LogP contribution in [0.4, 0.5) is 0 Å². The quantitative estimate of drug-likeness (QED) is 0.739. The van der Waals surface area contributed by atoms with Crippen LogP contribution in [0.5, 0.6) is 0 Å². The van der Waals surface area contributed by atoms with Crippen LogP contribution in [0.15, 0.2) is 36.5 Å². The van der Waals surface area contributed by atoms with Gasteiger partial charge in [-0.2, -0.15) is 5.26 Å². The van der Waals surface area contributed by atoms with Crippen molar-refractivity contribution in [1.82, 2.24) is 14.4 Å². The number of hydrogen-bond acceptors (Lipinski definition) is 3. The number of hydrogen-bond donors (Lipinski definition) is 0. The standard InChI is InChI=1S/C22H28N4O/c1-18(2)16-24-12-14-25(15-13-24)22(27)9-8-19-17-26(11-5-10-23)21-7-4-3-6-20(19)21/h3-4,6-9,17-18H,5,11-16H2,1-2H3/b9-8+. The molecule has 1 saturated heterocycles. The van der Waals surface area contributed by atoms with Gasteiger partial charge in [0.05, 0.1) is 12.5 Å². The van der Waals surface area contributed by atoms with Crippen LogP contribution in [0.2, 0.25) is 0 Å². The van der Waals surface area contributed by atoms with Crippen molar-refractivity contribution in [3.8, 4) is 6.07 Å². The van der Waals surface area contributed by atoms with Gasteiger partial charge in [-0.3, -0.25) is 9.69 Å². The number of nitrogens with zero attached hydrogens (tertiary/aromatic N) is 4. The Morgan fingerprint density at radius 3 is 2.67 bits per heavy atom. The Labute approximate surface area is 161 Å². The van der Waals surface area contributed by atoms with Crippen molar-refractivity contribution in [2.45, 2.75) is 26.8 Å². The normalized spacial score (nSPS) is 15.7. The third kappa shape index (κ3) is 4.78. The number of nitriles is 1. The predicted molar refractivity (Wildman–Crippen MR) is 109 cm³/mol. The fourth-order valence-electron chi connectivity index (χ4n) is 3.70. The molecule has 0 aliphatic carbocycles. The minimum absolute atomic E-state index is 0.0769. The van der Waals surface area contributed by atoms with Crippen molar-refractivity contribution in [3.63, 3.8) is 0 Å². The maximum atomic E-state index is 12.6. The highest BCUT2D eigenvalue weighted by Gasteiger charge is 2.20. The zero-order valence-corrected chi connectivity index (χ0v) is 16.3. The molecule has 27 heavy (non-hydrogen) atoms. The van der Waals surface area contributed by atoms with E-state index < -0.39 is 0 Å². The molecule has 0 spiro atoms. The third-order valence-electron chi connectivity index (χ3n) is 5.00. The summed E-state index contributed by atoms with van der Waals surface area (Å²) in [6.07, 6.45) is 6.11. The van der Waals surface area contributed by atoms with E-state index in [4.69, 9.17) is 5.26 Å². The highest BCUT2D eigenvalue weighted by atomic mass is 16.2. The molecule has 5 heteroatoms. The lowest BCUT2D eigenvalue weighted by atomic mass is 10.1. The van der Waals surface area contributed by atoms with Gasteiger partial charge >= 0.3 is 0 Å². The van der Waals surface area contributed by atoms with Gasteiger partial charge in [-0.15, -0.1) is 0 Å². The number of aryl methyl sites for hydroxylation is 1.